The van der Waals surface area contributed by atoms with Crippen molar-refractivity contribution in [3.8, 4) is 5.75 Å². The first-order valence-corrected chi connectivity index (χ1v) is 9.90. The van der Waals surface area contributed by atoms with Gasteiger partial charge in [0.15, 0.2) is 5.78 Å². The molecule has 1 aromatic carbocycles. The minimum absolute atomic E-state index is 0.224. The number of unbranched alkanes of at least 4 members (excludes halogenated alkanes) is 1. The van der Waals surface area contributed by atoms with Crippen molar-refractivity contribution in [2.45, 2.75) is 71.1 Å². The predicted octanol–water partition coefficient (Wildman–Crippen LogP) is 5.69. The summed E-state index contributed by atoms with van der Waals surface area (Å²) in [5, 5.41) is 9.76. The maximum Gasteiger partial charge on any atom is 0.163 e. The average molecular weight is 326 g/mol. The van der Waals surface area contributed by atoms with Crippen molar-refractivity contribution in [3.63, 3.8) is 0 Å². The zero-order valence-corrected chi connectivity index (χ0v) is 15.1. The molecule has 5 atom stereocenters. The van der Waals surface area contributed by atoms with Gasteiger partial charge >= 0.3 is 0 Å². The number of carbonyl (C=O) groups is 1. The van der Waals surface area contributed by atoms with Crippen molar-refractivity contribution in [2.24, 2.45) is 23.2 Å². The summed E-state index contributed by atoms with van der Waals surface area (Å²) in [5.74, 6) is 3.11. The third-order valence-electron chi connectivity index (χ3n) is 7.70. The van der Waals surface area contributed by atoms with Gasteiger partial charge in [0.1, 0.15) is 5.75 Å². The quantitative estimate of drug-likeness (QED) is 0.774. The van der Waals surface area contributed by atoms with E-state index in [-0.39, 0.29) is 11.5 Å². The smallest absolute Gasteiger partial charge is 0.163 e. The van der Waals surface area contributed by atoms with Crippen LogP contribution in [-0.2, 0) is 0 Å². The molecular formula is C22H30O2. The maximum atomic E-state index is 12.7. The Balaban J connectivity index is 1.65. The van der Waals surface area contributed by atoms with Crippen LogP contribution in [0.15, 0.2) is 18.2 Å². The van der Waals surface area contributed by atoms with E-state index in [9.17, 15) is 9.90 Å². The van der Waals surface area contributed by atoms with Crippen molar-refractivity contribution in [1.82, 2.24) is 0 Å². The van der Waals surface area contributed by atoms with Crippen LogP contribution >= 0.6 is 0 Å². The van der Waals surface area contributed by atoms with E-state index in [1.54, 1.807) is 12.1 Å². The molecule has 24 heavy (non-hydrogen) atoms. The maximum absolute atomic E-state index is 12.7. The number of Topliss-reactive ketones (excluding diaryl/α,β-unsaturated/α-hetero) is 1. The fourth-order valence-corrected chi connectivity index (χ4v) is 6.42. The van der Waals surface area contributed by atoms with Crippen molar-refractivity contribution < 1.29 is 9.90 Å². The number of hydrogen-bond acceptors (Lipinski definition) is 2. The van der Waals surface area contributed by atoms with Gasteiger partial charge < -0.3 is 5.11 Å². The summed E-state index contributed by atoms with van der Waals surface area (Å²) in [4.78, 5) is 12.7. The number of ketones is 1. The van der Waals surface area contributed by atoms with E-state index in [0.29, 0.717) is 29.6 Å². The third kappa shape index (κ3) is 2.33. The molecule has 0 amide bonds. The van der Waals surface area contributed by atoms with Gasteiger partial charge in [-0.2, -0.15) is 0 Å². The summed E-state index contributed by atoms with van der Waals surface area (Å²) >= 11 is 0. The first kappa shape index (κ1) is 16.2. The second-order valence-corrected chi connectivity index (χ2v) is 8.74. The van der Waals surface area contributed by atoms with E-state index in [0.717, 1.165) is 11.5 Å². The standard InChI is InChI=1S/C22H30O2/c1-3-4-5-14-6-9-20-18-13-21(24)19-12-15(23)7-8-16(19)17(18)10-11-22(14,20)2/h7-8,12,14,17-18,20,23H,3-6,9-11,13H2,1-2H3/t14-,17+,18+,20-,22+/m0/s1. The number of fused-ring (bicyclic) bond motifs is 5. The van der Waals surface area contributed by atoms with Crippen LogP contribution in [-0.4, -0.2) is 10.9 Å². The number of rotatable bonds is 3. The molecule has 2 saturated carbocycles. The molecule has 1 aromatic rings. The van der Waals surface area contributed by atoms with E-state index in [2.05, 4.69) is 13.8 Å². The minimum atomic E-state index is 0.224. The molecule has 1 N–H and O–H groups in total. The zero-order valence-electron chi connectivity index (χ0n) is 15.1. The number of benzene rings is 1. The lowest BCUT2D eigenvalue weighted by Crippen LogP contribution is -2.43. The molecule has 0 heterocycles. The van der Waals surface area contributed by atoms with Crippen LogP contribution < -0.4 is 0 Å². The lowest BCUT2D eigenvalue weighted by atomic mass is 9.53. The number of phenols is 1. The first-order chi connectivity index (χ1) is 11.5. The number of carbonyl (C=O) groups excluding carboxylic acids is 1. The van der Waals surface area contributed by atoms with E-state index in [1.807, 2.05) is 6.07 Å². The molecule has 4 rings (SSSR count). The second kappa shape index (κ2) is 5.89. The molecule has 2 nitrogen and oxygen atoms in total. The van der Waals surface area contributed by atoms with E-state index >= 15 is 0 Å². The summed E-state index contributed by atoms with van der Waals surface area (Å²) in [6.07, 6.45) is 9.91. The van der Waals surface area contributed by atoms with Gasteiger partial charge in [-0.15, -0.1) is 0 Å². The van der Waals surface area contributed by atoms with E-state index in [1.165, 1.54) is 50.5 Å². The Morgan fingerprint density at radius 1 is 1.25 bits per heavy atom. The summed E-state index contributed by atoms with van der Waals surface area (Å²) in [7, 11) is 0. The molecule has 0 saturated heterocycles. The van der Waals surface area contributed by atoms with Crippen molar-refractivity contribution in [3.05, 3.63) is 29.3 Å². The van der Waals surface area contributed by atoms with Crippen molar-refractivity contribution >= 4 is 5.78 Å². The Labute approximate surface area is 145 Å². The summed E-state index contributed by atoms with van der Waals surface area (Å²) < 4.78 is 0. The highest BCUT2D eigenvalue weighted by molar-refractivity contribution is 5.99. The van der Waals surface area contributed by atoms with Gasteiger partial charge in [0.05, 0.1) is 0 Å². The largest absolute Gasteiger partial charge is 0.508 e. The topological polar surface area (TPSA) is 37.3 Å². The molecule has 0 spiro atoms. The molecule has 0 aliphatic heterocycles. The SMILES string of the molecule is CCCC[C@H]1CC[C@H]2[C@@H]3CC(=O)c4cc(O)ccc4[C@H]3CC[C@]12C. The van der Waals surface area contributed by atoms with Gasteiger partial charge in [-0.1, -0.05) is 32.8 Å². The lowest BCUT2D eigenvalue weighted by Gasteiger charge is -2.50. The number of aromatic hydroxyl groups is 1. The van der Waals surface area contributed by atoms with E-state index in [4.69, 9.17) is 0 Å². The van der Waals surface area contributed by atoms with Crippen LogP contribution in [0.2, 0.25) is 0 Å². The molecule has 0 bridgehead atoms. The first-order valence-electron chi connectivity index (χ1n) is 9.90. The minimum Gasteiger partial charge on any atom is -0.508 e. The summed E-state index contributed by atoms with van der Waals surface area (Å²) in [5.41, 5.74) is 2.46. The van der Waals surface area contributed by atoms with E-state index < -0.39 is 0 Å². The Hall–Kier alpha value is -1.31. The van der Waals surface area contributed by atoms with Gasteiger partial charge in [0.2, 0.25) is 0 Å². The zero-order chi connectivity index (χ0) is 16.9. The van der Waals surface area contributed by atoms with Crippen LogP contribution in [0.5, 0.6) is 5.75 Å². The fourth-order valence-electron chi connectivity index (χ4n) is 6.42. The molecule has 0 unspecified atom stereocenters. The monoisotopic (exact) mass is 326 g/mol. The molecule has 3 aliphatic rings. The highest BCUT2D eigenvalue weighted by Gasteiger charge is 2.55. The van der Waals surface area contributed by atoms with Crippen LogP contribution in [0, 0.1) is 23.2 Å². The summed E-state index contributed by atoms with van der Waals surface area (Å²) in [6.45, 7) is 4.82. The van der Waals surface area contributed by atoms with Gasteiger partial charge in [-0.05, 0) is 78.9 Å². The highest BCUT2D eigenvalue weighted by atomic mass is 16.3. The predicted molar refractivity (Wildman–Crippen MR) is 96.4 cm³/mol. The molecule has 3 aliphatic carbocycles. The Morgan fingerprint density at radius 3 is 2.88 bits per heavy atom. The highest BCUT2D eigenvalue weighted by Crippen LogP contribution is 2.63. The van der Waals surface area contributed by atoms with Gasteiger partial charge in [-0.25, -0.2) is 0 Å². The second-order valence-electron chi connectivity index (χ2n) is 8.74. The van der Waals surface area contributed by atoms with Crippen LogP contribution in [0.3, 0.4) is 0 Å². The Morgan fingerprint density at radius 2 is 2.08 bits per heavy atom. The molecule has 0 radical (unpaired) electrons. The third-order valence-corrected chi connectivity index (χ3v) is 7.70. The molecule has 130 valence electrons. The van der Waals surface area contributed by atoms with Crippen LogP contribution in [0.4, 0.5) is 0 Å². The van der Waals surface area contributed by atoms with Crippen molar-refractivity contribution in [2.75, 3.05) is 0 Å². The average Bonchev–Trinajstić information content (AvgIpc) is 2.90. The fraction of sp³-hybridized carbons (Fsp3) is 0.682. The van der Waals surface area contributed by atoms with Gasteiger partial charge in [0, 0.05) is 12.0 Å². The molecule has 2 fully saturated rings. The lowest BCUT2D eigenvalue weighted by molar-refractivity contribution is 0.0252. The van der Waals surface area contributed by atoms with Gasteiger partial charge in [-0.3, -0.25) is 4.79 Å². The normalized spacial score (nSPS) is 37.7. The van der Waals surface area contributed by atoms with Crippen LogP contribution in [0.25, 0.3) is 0 Å². The van der Waals surface area contributed by atoms with Gasteiger partial charge in [0.25, 0.3) is 0 Å². The molecular weight excluding hydrogens is 296 g/mol. The molecule has 0 aromatic heterocycles. The van der Waals surface area contributed by atoms with Crippen LogP contribution in [0.1, 0.15) is 87.1 Å². The van der Waals surface area contributed by atoms with Crippen molar-refractivity contribution in [1.29, 1.82) is 0 Å². The Kier molecular flexibility index (Phi) is 3.97. The number of hydrogen-bond donors (Lipinski definition) is 1. The number of phenolic OH excluding ortho intramolecular Hbond substituents is 1. The molecule has 2 heteroatoms. The summed E-state index contributed by atoms with van der Waals surface area (Å²) in [6, 6.07) is 5.48. The Bertz CT molecular complexity index is 649.